The van der Waals surface area contributed by atoms with Gasteiger partial charge in [-0.05, 0) is 23.3 Å². The van der Waals surface area contributed by atoms with Crippen LogP contribution in [0.4, 0.5) is 0 Å². The molecule has 1 aromatic rings. The Labute approximate surface area is 83.5 Å². The van der Waals surface area contributed by atoms with Crippen LogP contribution in [0.1, 0.15) is 23.1 Å². The maximum atomic E-state index is 8.58. The zero-order chi connectivity index (χ0) is 9.80. The standard InChI is InChI=1S/C12H12O2/c13-6-2-1-3-10-4-5-11-8-14-9-12(11)7-10/h4-5,7,13H,2,6,8-9H2. The fourth-order valence-corrected chi connectivity index (χ4v) is 1.47. The maximum absolute atomic E-state index is 8.58. The number of benzene rings is 1. The highest BCUT2D eigenvalue weighted by Crippen LogP contribution is 2.20. The Morgan fingerprint density at radius 1 is 1.29 bits per heavy atom. The van der Waals surface area contributed by atoms with Gasteiger partial charge in [0.2, 0.25) is 0 Å². The molecule has 0 aromatic heterocycles. The van der Waals surface area contributed by atoms with Crippen LogP contribution in [-0.2, 0) is 18.0 Å². The molecule has 0 spiro atoms. The predicted octanol–water partition coefficient (Wildman–Crippen LogP) is 1.45. The summed E-state index contributed by atoms with van der Waals surface area (Å²) in [5, 5.41) is 8.58. The van der Waals surface area contributed by atoms with Crippen LogP contribution in [0.5, 0.6) is 0 Å². The Balaban J connectivity index is 2.18. The molecule has 1 aromatic carbocycles. The van der Waals surface area contributed by atoms with Crippen LogP contribution >= 0.6 is 0 Å². The van der Waals surface area contributed by atoms with Gasteiger partial charge in [-0.2, -0.15) is 0 Å². The van der Waals surface area contributed by atoms with E-state index in [-0.39, 0.29) is 6.61 Å². The summed E-state index contributed by atoms with van der Waals surface area (Å²) < 4.78 is 5.31. The van der Waals surface area contributed by atoms with Crippen LogP contribution < -0.4 is 0 Å². The van der Waals surface area contributed by atoms with Crippen molar-refractivity contribution in [3.8, 4) is 11.8 Å². The van der Waals surface area contributed by atoms with Crippen molar-refractivity contribution in [2.24, 2.45) is 0 Å². The molecule has 0 saturated heterocycles. The molecule has 2 nitrogen and oxygen atoms in total. The molecule has 14 heavy (non-hydrogen) atoms. The molecule has 0 bridgehead atoms. The van der Waals surface area contributed by atoms with Crippen LogP contribution in [0.2, 0.25) is 0 Å². The molecule has 1 N–H and O–H groups in total. The molecule has 1 aliphatic rings. The highest BCUT2D eigenvalue weighted by atomic mass is 16.5. The largest absolute Gasteiger partial charge is 0.395 e. The zero-order valence-electron chi connectivity index (χ0n) is 7.92. The van der Waals surface area contributed by atoms with Gasteiger partial charge in [-0.25, -0.2) is 0 Å². The summed E-state index contributed by atoms with van der Waals surface area (Å²) in [7, 11) is 0. The van der Waals surface area contributed by atoms with Crippen molar-refractivity contribution < 1.29 is 9.84 Å². The SMILES string of the molecule is OCCC#Cc1ccc2c(c1)COC2. The van der Waals surface area contributed by atoms with Gasteiger partial charge in [0.1, 0.15) is 0 Å². The maximum Gasteiger partial charge on any atom is 0.0725 e. The minimum Gasteiger partial charge on any atom is -0.395 e. The normalized spacial score (nSPS) is 13.2. The number of rotatable bonds is 1. The molecule has 2 heteroatoms. The molecular formula is C12H12O2. The predicted molar refractivity (Wildman–Crippen MR) is 53.5 cm³/mol. The van der Waals surface area contributed by atoms with E-state index in [1.165, 1.54) is 11.1 Å². The van der Waals surface area contributed by atoms with E-state index < -0.39 is 0 Å². The quantitative estimate of drug-likeness (QED) is 0.676. The molecule has 0 atom stereocenters. The van der Waals surface area contributed by atoms with Gasteiger partial charge < -0.3 is 9.84 Å². The molecule has 0 aliphatic carbocycles. The third kappa shape index (κ3) is 1.95. The van der Waals surface area contributed by atoms with Crippen molar-refractivity contribution >= 4 is 0 Å². The molecule has 1 aliphatic heterocycles. The Morgan fingerprint density at radius 3 is 3.00 bits per heavy atom. The number of ether oxygens (including phenoxy) is 1. The van der Waals surface area contributed by atoms with Gasteiger partial charge in [-0.1, -0.05) is 17.9 Å². The summed E-state index contributed by atoms with van der Waals surface area (Å²) in [4.78, 5) is 0. The van der Waals surface area contributed by atoms with E-state index in [2.05, 4.69) is 24.0 Å². The van der Waals surface area contributed by atoms with E-state index in [0.29, 0.717) is 13.0 Å². The second-order valence-electron chi connectivity index (χ2n) is 3.25. The van der Waals surface area contributed by atoms with E-state index in [4.69, 9.17) is 9.84 Å². The van der Waals surface area contributed by atoms with Crippen LogP contribution in [0.15, 0.2) is 18.2 Å². The first kappa shape index (κ1) is 9.26. The Kier molecular flexibility index (Phi) is 2.83. The third-order valence-electron chi connectivity index (χ3n) is 2.19. The van der Waals surface area contributed by atoms with Gasteiger partial charge in [0.05, 0.1) is 19.8 Å². The monoisotopic (exact) mass is 188 g/mol. The Hall–Kier alpha value is -1.30. The molecular weight excluding hydrogens is 176 g/mol. The van der Waals surface area contributed by atoms with Crippen molar-refractivity contribution in [3.05, 3.63) is 34.9 Å². The van der Waals surface area contributed by atoms with Gasteiger partial charge in [0.15, 0.2) is 0 Å². The molecule has 72 valence electrons. The fourth-order valence-electron chi connectivity index (χ4n) is 1.47. The van der Waals surface area contributed by atoms with Crippen LogP contribution in [0, 0.1) is 11.8 Å². The smallest absolute Gasteiger partial charge is 0.0725 e. The second-order valence-corrected chi connectivity index (χ2v) is 3.25. The summed E-state index contributed by atoms with van der Waals surface area (Å²) in [6, 6.07) is 6.12. The van der Waals surface area contributed by atoms with Crippen LogP contribution in [-0.4, -0.2) is 11.7 Å². The molecule has 0 radical (unpaired) electrons. The highest BCUT2D eigenvalue weighted by molar-refractivity contribution is 5.41. The van der Waals surface area contributed by atoms with Crippen molar-refractivity contribution in [1.29, 1.82) is 0 Å². The lowest BCUT2D eigenvalue weighted by atomic mass is 10.1. The Morgan fingerprint density at radius 2 is 2.14 bits per heavy atom. The number of fused-ring (bicyclic) bond motifs is 1. The van der Waals surface area contributed by atoms with Crippen LogP contribution in [0.25, 0.3) is 0 Å². The number of hydrogen-bond donors (Lipinski definition) is 1. The molecule has 0 fully saturated rings. The summed E-state index contributed by atoms with van der Waals surface area (Å²) in [6.07, 6.45) is 0.535. The average Bonchev–Trinajstić information content (AvgIpc) is 2.65. The van der Waals surface area contributed by atoms with E-state index in [9.17, 15) is 0 Å². The van der Waals surface area contributed by atoms with Gasteiger partial charge in [0.25, 0.3) is 0 Å². The third-order valence-corrected chi connectivity index (χ3v) is 2.19. The zero-order valence-corrected chi connectivity index (χ0v) is 7.92. The lowest BCUT2D eigenvalue weighted by Gasteiger charge is -1.96. The van der Waals surface area contributed by atoms with Crippen molar-refractivity contribution in [1.82, 2.24) is 0 Å². The number of aliphatic hydroxyl groups excluding tert-OH is 1. The summed E-state index contributed by atoms with van der Waals surface area (Å²) in [5.41, 5.74) is 3.50. The minimum absolute atomic E-state index is 0.126. The van der Waals surface area contributed by atoms with Gasteiger partial charge >= 0.3 is 0 Å². The second kappa shape index (κ2) is 4.28. The topological polar surface area (TPSA) is 29.5 Å². The van der Waals surface area contributed by atoms with Crippen molar-refractivity contribution in [2.75, 3.05) is 6.61 Å². The molecule has 0 saturated carbocycles. The lowest BCUT2D eigenvalue weighted by Crippen LogP contribution is -1.84. The van der Waals surface area contributed by atoms with E-state index in [0.717, 1.165) is 12.2 Å². The van der Waals surface area contributed by atoms with E-state index >= 15 is 0 Å². The fraction of sp³-hybridized carbons (Fsp3) is 0.333. The Bertz CT molecular complexity index is 385. The molecule has 2 rings (SSSR count). The van der Waals surface area contributed by atoms with E-state index in [1.807, 2.05) is 6.07 Å². The first-order chi connectivity index (χ1) is 6.90. The average molecular weight is 188 g/mol. The van der Waals surface area contributed by atoms with Gasteiger partial charge in [-0.15, -0.1) is 0 Å². The lowest BCUT2D eigenvalue weighted by molar-refractivity contribution is 0.134. The molecule has 0 amide bonds. The van der Waals surface area contributed by atoms with Gasteiger partial charge in [0, 0.05) is 12.0 Å². The van der Waals surface area contributed by atoms with E-state index in [1.54, 1.807) is 0 Å². The van der Waals surface area contributed by atoms with Crippen LogP contribution in [0.3, 0.4) is 0 Å². The first-order valence-electron chi connectivity index (χ1n) is 4.69. The first-order valence-corrected chi connectivity index (χ1v) is 4.69. The number of hydrogen-bond acceptors (Lipinski definition) is 2. The van der Waals surface area contributed by atoms with Crippen molar-refractivity contribution in [2.45, 2.75) is 19.6 Å². The van der Waals surface area contributed by atoms with Gasteiger partial charge in [-0.3, -0.25) is 0 Å². The minimum atomic E-state index is 0.126. The van der Waals surface area contributed by atoms with Crippen molar-refractivity contribution in [3.63, 3.8) is 0 Å². The summed E-state index contributed by atoms with van der Waals surface area (Å²) >= 11 is 0. The summed E-state index contributed by atoms with van der Waals surface area (Å²) in [5.74, 6) is 5.91. The summed E-state index contributed by atoms with van der Waals surface area (Å²) in [6.45, 7) is 1.55. The molecule has 1 heterocycles. The molecule has 0 unspecified atom stereocenters. The number of aliphatic hydroxyl groups is 1. The highest BCUT2D eigenvalue weighted by Gasteiger charge is 2.09.